The molecule has 0 bridgehead atoms. The van der Waals surface area contributed by atoms with Gasteiger partial charge in [0.25, 0.3) is 5.56 Å². The number of urea groups is 1. The molecule has 0 radical (unpaired) electrons. The fourth-order valence-corrected chi connectivity index (χ4v) is 3.20. The van der Waals surface area contributed by atoms with Crippen LogP contribution in [0.25, 0.3) is 0 Å². The summed E-state index contributed by atoms with van der Waals surface area (Å²) in [6.07, 6.45) is 9.22. The molecule has 1 atom stereocenters. The molecule has 0 aliphatic carbocycles. The number of nitrogens with zero attached hydrogens (tertiary/aromatic N) is 2. The van der Waals surface area contributed by atoms with E-state index in [0.717, 1.165) is 30.6 Å². The van der Waals surface area contributed by atoms with Crippen molar-refractivity contribution in [3.05, 3.63) is 70.1 Å². The zero-order chi connectivity index (χ0) is 19.8. The summed E-state index contributed by atoms with van der Waals surface area (Å²) in [6.45, 7) is 2.45. The van der Waals surface area contributed by atoms with Crippen molar-refractivity contribution in [3.63, 3.8) is 0 Å². The minimum atomic E-state index is -0.187. The number of hydrogen-bond donors (Lipinski definition) is 1. The van der Waals surface area contributed by atoms with Crippen molar-refractivity contribution in [2.75, 3.05) is 19.7 Å². The zero-order valence-electron chi connectivity index (χ0n) is 15.8. The van der Waals surface area contributed by atoms with Gasteiger partial charge in [0.15, 0.2) is 0 Å². The number of ether oxygens (including phenoxy) is 1. The van der Waals surface area contributed by atoms with E-state index < -0.39 is 0 Å². The van der Waals surface area contributed by atoms with Gasteiger partial charge in [0.2, 0.25) is 0 Å². The van der Waals surface area contributed by atoms with Gasteiger partial charge in [-0.05, 0) is 30.0 Å². The van der Waals surface area contributed by atoms with E-state index in [1.165, 1.54) is 0 Å². The minimum Gasteiger partial charge on any atom is -0.376 e. The number of amides is 2. The Bertz CT molecular complexity index is 877. The van der Waals surface area contributed by atoms with Gasteiger partial charge in [0.05, 0.1) is 19.2 Å². The number of benzene rings is 1. The van der Waals surface area contributed by atoms with Crippen molar-refractivity contribution < 1.29 is 9.53 Å². The van der Waals surface area contributed by atoms with Crippen LogP contribution in [0.1, 0.15) is 24.0 Å². The van der Waals surface area contributed by atoms with Crippen LogP contribution in [-0.4, -0.2) is 41.3 Å². The molecule has 28 heavy (non-hydrogen) atoms. The Balaban J connectivity index is 1.53. The lowest BCUT2D eigenvalue weighted by atomic mass is 10.1. The summed E-state index contributed by atoms with van der Waals surface area (Å²) in [4.78, 5) is 25.9. The second-order valence-electron chi connectivity index (χ2n) is 6.86. The Labute approximate surface area is 165 Å². The maximum Gasteiger partial charge on any atom is 0.318 e. The van der Waals surface area contributed by atoms with E-state index in [9.17, 15) is 9.59 Å². The molecule has 0 spiro atoms. The molecule has 1 aliphatic heterocycles. The molecule has 6 nitrogen and oxygen atoms in total. The first kappa shape index (κ1) is 19.7. The quantitative estimate of drug-likeness (QED) is 0.751. The summed E-state index contributed by atoms with van der Waals surface area (Å²) in [5, 5.41) is 2.92. The lowest BCUT2D eigenvalue weighted by molar-refractivity contribution is 0.0846. The van der Waals surface area contributed by atoms with E-state index in [1.807, 2.05) is 30.3 Å². The highest BCUT2D eigenvalue weighted by atomic mass is 16.5. The zero-order valence-corrected chi connectivity index (χ0v) is 15.8. The molecule has 1 saturated heterocycles. The van der Waals surface area contributed by atoms with Gasteiger partial charge in [0.1, 0.15) is 0 Å². The van der Waals surface area contributed by atoms with Crippen molar-refractivity contribution >= 4 is 6.03 Å². The third-order valence-electron chi connectivity index (χ3n) is 4.74. The first-order valence-corrected chi connectivity index (χ1v) is 9.47. The molecule has 1 fully saturated rings. The predicted molar refractivity (Wildman–Crippen MR) is 108 cm³/mol. The van der Waals surface area contributed by atoms with Crippen LogP contribution in [-0.2, 0) is 17.8 Å². The molecule has 1 aromatic heterocycles. The normalized spacial score (nSPS) is 15.8. The maximum atomic E-state index is 12.5. The van der Waals surface area contributed by atoms with Gasteiger partial charge in [-0.1, -0.05) is 36.3 Å². The lowest BCUT2D eigenvalue weighted by Crippen LogP contribution is -2.43. The van der Waals surface area contributed by atoms with Gasteiger partial charge in [-0.2, -0.15) is 0 Å². The number of hydrogen-bond acceptors (Lipinski definition) is 3. The number of carbonyl (C=O) groups is 1. The van der Waals surface area contributed by atoms with Crippen molar-refractivity contribution in [1.82, 2.24) is 14.8 Å². The standard InChI is InChI=1S/C22H25N3O3/c1-2-12-25(17-20-6-5-14-28-20)22(27)23-15-18-8-10-19(11-9-18)16-24-13-4-3-7-21(24)26/h1,3-4,7-11,13,20H,5-6,12,14-17H2,(H,23,27). The average molecular weight is 379 g/mol. The van der Waals surface area contributed by atoms with E-state index in [0.29, 0.717) is 19.6 Å². The number of carbonyl (C=O) groups excluding carboxylic acids is 1. The molecule has 2 aromatic rings. The molecule has 2 amide bonds. The topological polar surface area (TPSA) is 63.6 Å². The third-order valence-corrected chi connectivity index (χ3v) is 4.74. The van der Waals surface area contributed by atoms with Crippen LogP contribution in [0.4, 0.5) is 4.79 Å². The van der Waals surface area contributed by atoms with Crippen LogP contribution >= 0.6 is 0 Å². The largest absolute Gasteiger partial charge is 0.376 e. The fraction of sp³-hybridized carbons (Fsp3) is 0.364. The van der Waals surface area contributed by atoms with Crippen LogP contribution in [0.3, 0.4) is 0 Å². The molecule has 6 heteroatoms. The van der Waals surface area contributed by atoms with Crippen LogP contribution < -0.4 is 10.9 Å². The number of terminal acetylenes is 1. The van der Waals surface area contributed by atoms with Crippen molar-refractivity contribution in [3.8, 4) is 12.3 Å². The molecule has 0 saturated carbocycles. The lowest BCUT2D eigenvalue weighted by Gasteiger charge is -2.23. The number of pyridine rings is 1. The summed E-state index contributed by atoms with van der Waals surface area (Å²) >= 11 is 0. The molecule has 2 heterocycles. The molecule has 1 unspecified atom stereocenters. The first-order valence-electron chi connectivity index (χ1n) is 9.47. The van der Waals surface area contributed by atoms with Crippen LogP contribution in [0.2, 0.25) is 0 Å². The van der Waals surface area contributed by atoms with Gasteiger partial charge in [-0.15, -0.1) is 6.42 Å². The first-order chi connectivity index (χ1) is 13.7. The Morgan fingerprint density at radius 3 is 2.71 bits per heavy atom. The van der Waals surface area contributed by atoms with Gasteiger partial charge < -0.3 is 19.5 Å². The van der Waals surface area contributed by atoms with Crippen LogP contribution in [0.5, 0.6) is 0 Å². The number of nitrogens with one attached hydrogen (secondary N) is 1. The van der Waals surface area contributed by atoms with E-state index in [1.54, 1.807) is 27.8 Å². The number of aromatic nitrogens is 1. The highest BCUT2D eigenvalue weighted by molar-refractivity contribution is 5.74. The van der Waals surface area contributed by atoms with Crippen LogP contribution in [0, 0.1) is 12.3 Å². The van der Waals surface area contributed by atoms with E-state index in [4.69, 9.17) is 11.2 Å². The van der Waals surface area contributed by atoms with Gasteiger partial charge in [-0.3, -0.25) is 4.79 Å². The second kappa shape index (κ2) is 9.77. The second-order valence-corrected chi connectivity index (χ2v) is 6.86. The molecule has 1 aliphatic rings. The van der Waals surface area contributed by atoms with E-state index in [2.05, 4.69) is 11.2 Å². The van der Waals surface area contributed by atoms with Gasteiger partial charge in [-0.25, -0.2) is 4.79 Å². The monoisotopic (exact) mass is 379 g/mol. The smallest absolute Gasteiger partial charge is 0.318 e. The average Bonchev–Trinajstić information content (AvgIpc) is 3.22. The van der Waals surface area contributed by atoms with Crippen LogP contribution in [0.15, 0.2) is 53.5 Å². The summed E-state index contributed by atoms with van der Waals surface area (Å²) in [5.41, 5.74) is 1.98. The van der Waals surface area contributed by atoms with Gasteiger partial charge in [0, 0.05) is 32.0 Å². The SMILES string of the molecule is C#CCN(CC1CCCO1)C(=O)NCc1ccc(Cn2ccccc2=O)cc1. The highest BCUT2D eigenvalue weighted by Crippen LogP contribution is 2.13. The Kier molecular flexibility index (Phi) is 6.88. The summed E-state index contributed by atoms with van der Waals surface area (Å²) in [5.74, 6) is 2.54. The summed E-state index contributed by atoms with van der Waals surface area (Å²) in [6, 6.07) is 12.8. The van der Waals surface area contributed by atoms with Gasteiger partial charge >= 0.3 is 6.03 Å². The summed E-state index contributed by atoms with van der Waals surface area (Å²) < 4.78 is 7.25. The maximum absolute atomic E-state index is 12.5. The Morgan fingerprint density at radius 1 is 1.25 bits per heavy atom. The molecule has 1 N–H and O–H groups in total. The molecule has 146 valence electrons. The molecular weight excluding hydrogens is 354 g/mol. The van der Waals surface area contributed by atoms with Crippen molar-refractivity contribution in [2.24, 2.45) is 0 Å². The minimum absolute atomic E-state index is 0.0290. The molecule has 1 aromatic carbocycles. The molecule has 3 rings (SSSR count). The van der Waals surface area contributed by atoms with Crippen molar-refractivity contribution in [2.45, 2.75) is 32.0 Å². The Morgan fingerprint density at radius 2 is 2.04 bits per heavy atom. The van der Waals surface area contributed by atoms with E-state index in [-0.39, 0.29) is 24.2 Å². The van der Waals surface area contributed by atoms with Crippen molar-refractivity contribution in [1.29, 1.82) is 0 Å². The summed E-state index contributed by atoms with van der Waals surface area (Å²) in [7, 11) is 0. The Hall–Kier alpha value is -3.04. The number of rotatable bonds is 7. The highest BCUT2D eigenvalue weighted by Gasteiger charge is 2.21. The van der Waals surface area contributed by atoms with E-state index >= 15 is 0 Å². The third kappa shape index (κ3) is 5.48. The fourth-order valence-electron chi connectivity index (χ4n) is 3.20. The molecular formula is C22H25N3O3. The predicted octanol–water partition coefficient (Wildman–Crippen LogP) is 2.22.